The number of phenolic OH excluding ortho intramolecular Hbond substituents is 1. The summed E-state index contributed by atoms with van der Waals surface area (Å²) in [7, 11) is 1.44. The van der Waals surface area contributed by atoms with Gasteiger partial charge in [-0.25, -0.2) is 0 Å². The van der Waals surface area contributed by atoms with Gasteiger partial charge in [-0.2, -0.15) is 0 Å². The highest BCUT2D eigenvalue weighted by molar-refractivity contribution is 5.85. The lowest BCUT2D eigenvalue weighted by atomic mass is 10.0. The highest BCUT2D eigenvalue weighted by atomic mass is 16.6. The minimum atomic E-state index is -0.159. The molecule has 0 atom stereocenters. The van der Waals surface area contributed by atoms with Crippen molar-refractivity contribution in [2.45, 2.75) is 0 Å². The van der Waals surface area contributed by atoms with E-state index >= 15 is 0 Å². The van der Waals surface area contributed by atoms with Crippen LogP contribution in [0, 0.1) is 0 Å². The number of aldehydes is 1. The Balaban J connectivity index is 2.09. The first kappa shape index (κ1) is 13.3. The first-order valence-corrected chi connectivity index (χ1v) is 6.49. The van der Waals surface area contributed by atoms with Crippen molar-refractivity contribution < 1.29 is 24.1 Å². The zero-order valence-electron chi connectivity index (χ0n) is 11.5. The molecule has 0 aromatic heterocycles. The van der Waals surface area contributed by atoms with Crippen LogP contribution < -0.4 is 14.2 Å². The lowest BCUT2D eigenvalue weighted by molar-refractivity contribution is 0.112. The van der Waals surface area contributed by atoms with E-state index in [0.717, 1.165) is 11.1 Å². The molecule has 1 aliphatic heterocycles. The molecule has 0 saturated carbocycles. The molecule has 0 amide bonds. The molecule has 2 aromatic rings. The third-order valence-electron chi connectivity index (χ3n) is 3.33. The van der Waals surface area contributed by atoms with E-state index in [-0.39, 0.29) is 17.1 Å². The second-order valence-electron chi connectivity index (χ2n) is 4.59. The van der Waals surface area contributed by atoms with Gasteiger partial charge in [0.1, 0.15) is 13.2 Å². The van der Waals surface area contributed by atoms with Crippen LogP contribution in [0.2, 0.25) is 0 Å². The summed E-state index contributed by atoms with van der Waals surface area (Å²) in [5.74, 6) is 1.46. The summed E-state index contributed by atoms with van der Waals surface area (Å²) in [6, 6.07) is 8.82. The Kier molecular flexibility index (Phi) is 3.39. The topological polar surface area (TPSA) is 65.0 Å². The van der Waals surface area contributed by atoms with Crippen LogP contribution in [-0.2, 0) is 0 Å². The number of hydrogen-bond donors (Lipinski definition) is 1. The van der Waals surface area contributed by atoms with E-state index in [1.807, 2.05) is 18.2 Å². The molecule has 0 unspecified atom stereocenters. The van der Waals surface area contributed by atoms with Gasteiger partial charge in [0.05, 0.1) is 12.7 Å². The number of fused-ring (bicyclic) bond motifs is 1. The Hall–Kier alpha value is -2.69. The molecule has 1 N–H and O–H groups in total. The Labute approximate surface area is 121 Å². The molecule has 0 radical (unpaired) electrons. The van der Waals surface area contributed by atoms with E-state index in [0.29, 0.717) is 31.0 Å². The number of hydrogen-bond acceptors (Lipinski definition) is 5. The maximum Gasteiger partial charge on any atom is 0.168 e. The minimum absolute atomic E-state index is 0.159. The van der Waals surface area contributed by atoms with E-state index in [4.69, 9.17) is 14.2 Å². The SMILES string of the molecule is COc1cc(-c2ccc3c(c2)OCCO3)cc(C=O)c1O. The quantitative estimate of drug-likeness (QED) is 0.879. The lowest BCUT2D eigenvalue weighted by Gasteiger charge is -2.19. The number of aromatic hydroxyl groups is 1. The fourth-order valence-electron chi connectivity index (χ4n) is 2.26. The fourth-order valence-corrected chi connectivity index (χ4v) is 2.26. The molecule has 0 aliphatic carbocycles. The van der Waals surface area contributed by atoms with Crippen LogP contribution in [-0.4, -0.2) is 31.7 Å². The molecule has 1 aliphatic rings. The standard InChI is InChI=1S/C16H14O5/c1-19-15-8-11(6-12(9-17)16(15)18)10-2-3-13-14(7-10)21-5-4-20-13/h2-3,6-9,18H,4-5H2,1H3. The first-order valence-electron chi connectivity index (χ1n) is 6.49. The highest BCUT2D eigenvalue weighted by Crippen LogP contribution is 2.38. The van der Waals surface area contributed by atoms with Gasteiger partial charge in [0.2, 0.25) is 0 Å². The zero-order valence-corrected chi connectivity index (χ0v) is 11.5. The molecule has 0 spiro atoms. The van der Waals surface area contributed by atoms with Gasteiger partial charge in [0.15, 0.2) is 29.3 Å². The van der Waals surface area contributed by atoms with Crippen LogP contribution in [0.5, 0.6) is 23.0 Å². The van der Waals surface area contributed by atoms with Gasteiger partial charge in [-0.3, -0.25) is 4.79 Å². The van der Waals surface area contributed by atoms with Crippen molar-refractivity contribution in [2.24, 2.45) is 0 Å². The van der Waals surface area contributed by atoms with Gasteiger partial charge in [-0.05, 0) is 35.4 Å². The van der Waals surface area contributed by atoms with Crippen molar-refractivity contribution in [1.29, 1.82) is 0 Å². The fraction of sp³-hybridized carbons (Fsp3) is 0.188. The summed E-state index contributed by atoms with van der Waals surface area (Å²) in [6.45, 7) is 1.05. The Morgan fingerprint density at radius 1 is 1.10 bits per heavy atom. The van der Waals surface area contributed by atoms with E-state index in [1.165, 1.54) is 7.11 Å². The van der Waals surface area contributed by atoms with Crippen LogP contribution in [0.3, 0.4) is 0 Å². The van der Waals surface area contributed by atoms with Crippen LogP contribution in [0.4, 0.5) is 0 Å². The largest absolute Gasteiger partial charge is 0.504 e. The van der Waals surface area contributed by atoms with E-state index in [9.17, 15) is 9.90 Å². The third kappa shape index (κ3) is 2.38. The van der Waals surface area contributed by atoms with E-state index in [1.54, 1.807) is 12.1 Å². The van der Waals surface area contributed by atoms with Gasteiger partial charge in [-0.1, -0.05) is 6.07 Å². The molecule has 0 fully saturated rings. The summed E-state index contributed by atoms with van der Waals surface area (Å²) in [5, 5.41) is 9.85. The Bertz CT molecular complexity index is 693. The maximum atomic E-state index is 11.1. The van der Waals surface area contributed by atoms with Crippen LogP contribution in [0.1, 0.15) is 10.4 Å². The van der Waals surface area contributed by atoms with Crippen molar-refractivity contribution in [3.05, 3.63) is 35.9 Å². The van der Waals surface area contributed by atoms with Crippen molar-refractivity contribution in [3.8, 4) is 34.1 Å². The number of phenols is 1. The van der Waals surface area contributed by atoms with Gasteiger partial charge in [0.25, 0.3) is 0 Å². The first-order chi connectivity index (χ1) is 10.2. The highest BCUT2D eigenvalue weighted by Gasteiger charge is 2.15. The maximum absolute atomic E-state index is 11.1. The molecule has 2 aromatic carbocycles. The van der Waals surface area contributed by atoms with Crippen molar-refractivity contribution in [1.82, 2.24) is 0 Å². The van der Waals surface area contributed by atoms with Crippen molar-refractivity contribution in [3.63, 3.8) is 0 Å². The number of carbonyl (C=O) groups is 1. The third-order valence-corrected chi connectivity index (χ3v) is 3.33. The molecule has 1 heterocycles. The van der Waals surface area contributed by atoms with E-state index in [2.05, 4.69) is 0 Å². The van der Waals surface area contributed by atoms with Crippen LogP contribution in [0.15, 0.2) is 30.3 Å². The molecule has 3 rings (SSSR count). The van der Waals surface area contributed by atoms with Crippen LogP contribution >= 0.6 is 0 Å². The smallest absolute Gasteiger partial charge is 0.168 e. The molecular weight excluding hydrogens is 272 g/mol. The monoisotopic (exact) mass is 286 g/mol. The number of ether oxygens (including phenoxy) is 3. The average Bonchev–Trinajstić information content (AvgIpc) is 2.54. The molecule has 5 nitrogen and oxygen atoms in total. The summed E-state index contributed by atoms with van der Waals surface area (Å²) in [6.07, 6.45) is 0.597. The number of methoxy groups -OCH3 is 1. The predicted octanol–water partition coefficient (Wildman–Crippen LogP) is 2.65. The van der Waals surface area contributed by atoms with Gasteiger partial charge >= 0.3 is 0 Å². The normalized spacial score (nSPS) is 12.8. The van der Waals surface area contributed by atoms with Crippen LogP contribution in [0.25, 0.3) is 11.1 Å². The number of rotatable bonds is 3. The molecular formula is C16H14O5. The number of carbonyl (C=O) groups excluding carboxylic acids is 1. The average molecular weight is 286 g/mol. The molecule has 108 valence electrons. The summed E-state index contributed by atoms with van der Waals surface area (Å²) < 4.78 is 16.1. The summed E-state index contributed by atoms with van der Waals surface area (Å²) >= 11 is 0. The Morgan fingerprint density at radius 2 is 1.86 bits per heavy atom. The minimum Gasteiger partial charge on any atom is -0.504 e. The second-order valence-corrected chi connectivity index (χ2v) is 4.59. The zero-order chi connectivity index (χ0) is 14.8. The lowest BCUT2D eigenvalue weighted by Crippen LogP contribution is -2.15. The summed E-state index contributed by atoms with van der Waals surface area (Å²) in [5.41, 5.74) is 1.78. The summed E-state index contributed by atoms with van der Waals surface area (Å²) in [4.78, 5) is 11.1. The molecule has 0 saturated heterocycles. The van der Waals surface area contributed by atoms with Crippen molar-refractivity contribution >= 4 is 6.29 Å². The molecule has 0 bridgehead atoms. The Morgan fingerprint density at radius 3 is 2.57 bits per heavy atom. The van der Waals surface area contributed by atoms with Gasteiger partial charge in [-0.15, -0.1) is 0 Å². The molecule has 21 heavy (non-hydrogen) atoms. The van der Waals surface area contributed by atoms with Crippen molar-refractivity contribution in [2.75, 3.05) is 20.3 Å². The van der Waals surface area contributed by atoms with Gasteiger partial charge in [0, 0.05) is 0 Å². The predicted molar refractivity (Wildman–Crippen MR) is 76.5 cm³/mol. The van der Waals surface area contributed by atoms with Gasteiger partial charge < -0.3 is 19.3 Å². The number of benzene rings is 2. The second kappa shape index (κ2) is 5.36. The van der Waals surface area contributed by atoms with E-state index < -0.39 is 0 Å². The molecule has 5 heteroatoms.